The van der Waals surface area contributed by atoms with Crippen molar-refractivity contribution in [1.29, 1.82) is 0 Å². The summed E-state index contributed by atoms with van der Waals surface area (Å²) in [5, 5.41) is 0. The summed E-state index contributed by atoms with van der Waals surface area (Å²) < 4.78 is 11.1. The molecule has 2 heterocycles. The Hall–Kier alpha value is -3.12. The maximum absolute atomic E-state index is 13.3. The molecular weight excluding hydrogens is 366 g/mol. The Morgan fingerprint density at radius 2 is 1.93 bits per heavy atom. The van der Waals surface area contributed by atoms with Crippen molar-refractivity contribution < 1.29 is 14.3 Å². The van der Waals surface area contributed by atoms with E-state index in [1.54, 1.807) is 0 Å². The number of nitrogens with one attached hydrogen (secondary N) is 1. The number of ether oxygens (including phenoxy) is 2. The lowest BCUT2D eigenvalue weighted by atomic mass is 10.1. The van der Waals surface area contributed by atoms with Crippen molar-refractivity contribution in [2.75, 3.05) is 32.9 Å². The fourth-order valence-corrected chi connectivity index (χ4v) is 3.30. The van der Waals surface area contributed by atoms with E-state index < -0.39 is 0 Å². The van der Waals surface area contributed by atoms with Gasteiger partial charge in [-0.3, -0.25) is 4.79 Å². The van der Waals surface area contributed by atoms with E-state index in [-0.39, 0.29) is 5.91 Å². The maximum Gasteiger partial charge on any atom is 0.257 e. The van der Waals surface area contributed by atoms with Gasteiger partial charge >= 0.3 is 0 Å². The van der Waals surface area contributed by atoms with Gasteiger partial charge in [0, 0.05) is 13.1 Å². The SMILES string of the molecule is CCCOc1ccc(C=C(C(=O)N2CCOCC2)c2nc3ccccc3[nH]2)cc1. The smallest absolute Gasteiger partial charge is 0.257 e. The molecule has 1 aliphatic heterocycles. The molecule has 0 aliphatic carbocycles. The number of morpholine rings is 1. The number of para-hydroxylation sites is 2. The Kier molecular flexibility index (Phi) is 5.91. The van der Waals surface area contributed by atoms with Crippen LogP contribution in [0, 0.1) is 0 Å². The molecule has 2 aromatic carbocycles. The summed E-state index contributed by atoms with van der Waals surface area (Å²) in [5.41, 5.74) is 3.22. The van der Waals surface area contributed by atoms with Crippen molar-refractivity contribution >= 4 is 28.6 Å². The number of benzene rings is 2. The predicted molar refractivity (Wildman–Crippen MR) is 114 cm³/mol. The molecule has 1 amide bonds. The summed E-state index contributed by atoms with van der Waals surface area (Å²) in [6.07, 6.45) is 2.85. The van der Waals surface area contributed by atoms with Crippen LogP contribution in [0.4, 0.5) is 0 Å². The van der Waals surface area contributed by atoms with Crippen LogP contribution in [-0.4, -0.2) is 53.7 Å². The second-order valence-corrected chi connectivity index (χ2v) is 6.98. The summed E-state index contributed by atoms with van der Waals surface area (Å²) in [4.78, 5) is 23.1. The molecule has 0 atom stereocenters. The lowest BCUT2D eigenvalue weighted by Crippen LogP contribution is -2.41. The standard InChI is InChI=1S/C23H25N3O3/c1-2-13-29-18-9-7-17(8-10-18)16-19(23(27)26-11-14-28-15-12-26)22-24-20-5-3-4-6-21(20)25-22/h3-10,16H,2,11-15H2,1H3,(H,24,25). The number of hydrogen-bond donors (Lipinski definition) is 1. The molecule has 0 unspecified atom stereocenters. The number of nitrogens with zero attached hydrogens (tertiary/aromatic N) is 2. The zero-order valence-corrected chi connectivity index (χ0v) is 16.6. The molecule has 150 valence electrons. The van der Waals surface area contributed by atoms with Crippen LogP contribution in [0.5, 0.6) is 5.75 Å². The zero-order valence-electron chi connectivity index (χ0n) is 16.6. The Bertz CT molecular complexity index is 969. The summed E-state index contributed by atoms with van der Waals surface area (Å²) in [6.45, 7) is 5.05. The molecule has 1 saturated heterocycles. The lowest BCUT2D eigenvalue weighted by Gasteiger charge is -2.27. The van der Waals surface area contributed by atoms with E-state index in [9.17, 15) is 4.79 Å². The maximum atomic E-state index is 13.3. The minimum atomic E-state index is -0.0429. The molecule has 1 N–H and O–H groups in total. The third kappa shape index (κ3) is 4.49. The number of carbonyl (C=O) groups is 1. The van der Waals surface area contributed by atoms with Crippen LogP contribution in [0.2, 0.25) is 0 Å². The Morgan fingerprint density at radius 3 is 2.66 bits per heavy atom. The normalized spacial score (nSPS) is 14.9. The van der Waals surface area contributed by atoms with Crippen LogP contribution < -0.4 is 4.74 Å². The van der Waals surface area contributed by atoms with Gasteiger partial charge in [0.15, 0.2) is 0 Å². The quantitative estimate of drug-likeness (QED) is 0.650. The van der Waals surface area contributed by atoms with Gasteiger partial charge < -0.3 is 19.4 Å². The van der Waals surface area contributed by atoms with Crippen molar-refractivity contribution in [1.82, 2.24) is 14.9 Å². The molecule has 1 aliphatic rings. The van der Waals surface area contributed by atoms with E-state index in [2.05, 4.69) is 16.9 Å². The fraction of sp³-hybridized carbons (Fsp3) is 0.304. The van der Waals surface area contributed by atoms with Gasteiger partial charge in [-0.1, -0.05) is 31.2 Å². The second-order valence-electron chi connectivity index (χ2n) is 6.98. The van der Waals surface area contributed by atoms with Crippen LogP contribution >= 0.6 is 0 Å². The monoisotopic (exact) mass is 391 g/mol. The van der Waals surface area contributed by atoms with Crippen LogP contribution in [0.1, 0.15) is 24.7 Å². The molecule has 0 radical (unpaired) electrons. The number of hydrogen-bond acceptors (Lipinski definition) is 4. The molecule has 6 nitrogen and oxygen atoms in total. The van der Waals surface area contributed by atoms with Gasteiger partial charge in [-0.25, -0.2) is 4.98 Å². The molecular formula is C23H25N3O3. The molecule has 1 fully saturated rings. The third-order valence-corrected chi connectivity index (χ3v) is 4.84. The van der Waals surface area contributed by atoms with Gasteiger partial charge in [0.25, 0.3) is 5.91 Å². The van der Waals surface area contributed by atoms with E-state index in [1.807, 2.05) is 59.5 Å². The first-order chi connectivity index (χ1) is 14.2. The van der Waals surface area contributed by atoms with Crippen LogP contribution in [-0.2, 0) is 9.53 Å². The number of fused-ring (bicyclic) bond motifs is 1. The van der Waals surface area contributed by atoms with E-state index >= 15 is 0 Å². The molecule has 29 heavy (non-hydrogen) atoms. The largest absolute Gasteiger partial charge is 0.494 e. The Labute approximate surface area is 170 Å². The molecule has 0 saturated carbocycles. The van der Waals surface area contributed by atoms with Gasteiger partial charge in [0.05, 0.1) is 36.4 Å². The minimum Gasteiger partial charge on any atom is -0.494 e. The number of aromatic nitrogens is 2. The van der Waals surface area contributed by atoms with Crippen LogP contribution in [0.15, 0.2) is 48.5 Å². The molecule has 1 aromatic heterocycles. The fourth-order valence-electron chi connectivity index (χ4n) is 3.30. The van der Waals surface area contributed by atoms with Crippen molar-refractivity contribution in [2.24, 2.45) is 0 Å². The van der Waals surface area contributed by atoms with Gasteiger partial charge in [-0.2, -0.15) is 0 Å². The Balaban J connectivity index is 1.69. The van der Waals surface area contributed by atoms with E-state index in [0.29, 0.717) is 44.3 Å². The third-order valence-electron chi connectivity index (χ3n) is 4.84. The summed E-state index contributed by atoms with van der Waals surface area (Å²) in [5.74, 6) is 1.36. The van der Waals surface area contributed by atoms with Crippen molar-refractivity contribution in [3.63, 3.8) is 0 Å². The average Bonchev–Trinajstić information content (AvgIpc) is 3.21. The highest BCUT2D eigenvalue weighted by molar-refractivity contribution is 6.23. The van der Waals surface area contributed by atoms with Gasteiger partial charge in [-0.05, 0) is 42.3 Å². The van der Waals surface area contributed by atoms with Gasteiger partial charge in [-0.15, -0.1) is 0 Å². The molecule has 0 bridgehead atoms. The second kappa shape index (κ2) is 8.92. The summed E-state index contributed by atoms with van der Waals surface area (Å²) >= 11 is 0. The van der Waals surface area contributed by atoms with Crippen molar-refractivity contribution in [3.05, 3.63) is 59.9 Å². The number of rotatable bonds is 6. The first-order valence-corrected chi connectivity index (χ1v) is 10.0. The average molecular weight is 391 g/mol. The molecule has 0 spiro atoms. The number of imidazole rings is 1. The Morgan fingerprint density at radius 1 is 1.17 bits per heavy atom. The molecule has 4 rings (SSSR count). The van der Waals surface area contributed by atoms with Crippen LogP contribution in [0.25, 0.3) is 22.7 Å². The highest BCUT2D eigenvalue weighted by Crippen LogP contribution is 2.23. The highest BCUT2D eigenvalue weighted by Gasteiger charge is 2.24. The lowest BCUT2D eigenvalue weighted by molar-refractivity contribution is -0.128. The first-order valence-electron chi connectivity index (χ1n) is 10.0. The molecule has 3 aromatic rings. The summed E-state index contributed by atoms with van der Waals surface area (Å²) in [7, 11) is 0. The number of amides is 1. The summed E-state index contributed by atoms with van der Waals surface area (Å²) in [6, 6.07) is 15.6. The predicted octanol–water partition coefficient (Wildman–Crippen LogP) is 3.75. The number of H-pyrrole nitrogens is 1. The highest BCUT2D eigenvalue weighted by atomic mass is 16.5. The van der Waals surface area contributed by atoms with E-state index in [0.717, 1.165) is 28.8 Å². The minimum absolute atomic E-state index is 0.0429. The molecule has 6 heteroatoms. The first kappa shape index (κ1) is 19.2. The van der Waals surface area contributed by atoms with E-state index in [1.165, 1.54) is 0 Å². The van der Waals surface area contributed by atoms with Crippen molar-refractivity contribution in [3.8, 4) is 5.75 Å². The number of carbonyl (C=O) groups excluding carboxylic acids is 1. The van der Waals surface area contributed by atoms with Crippen LogP contribution in [0.3, 0.4) is 0 Å². The van der Waals surface area contributed by atoms with Gasteiger partial charge in [0.2, 0.25) is 0 Å². The van der Waals surface area contributed by atoms with E-state index in [4.69, 9.17) is 9.47 Å². The zero-order chi connectivity index (χ0) is 20.1. The topological polar surface area (TPSA) is 67.4 Å². The van der Waals surface area contributed by atoms with Gasteiger partial charge in [0.1, 0.15) is 11.6 Å². The number of aromatic amines is 1. The van der Waals surface area contributed by atoms with Crippen molar-refractivity contribution in [2.45, 2.75) is 13.3 Å².